The van der Waals surface area contributed by atoms with E-state index in [1.54, 1.807) is 6.08 Å². The molecular formula is C20H15N3. The van der Waals surface area contributed by atoms with Crippen molar-refractivity contribution in [1.29, 1.82) is 10.5 Å². The van der Waals surface area contributed by atoms with Crippen LogP contribution in [0.1, 0.15) is 16.7 Å². The van der Waals surface area contributed by atoms with Gasteiger partial charge in [0.2, 0.25) is 0 Å². The number of aromatic nitrogens is 1. The van der Waals surface area contributed by atoms with Crippen molar-refractivity contribution in [3.63, 3.8) is 0 Å². The van der Waals surface area contributed by atoms with Crippen LogP contribution in [0, 0.1) is 29.6 Å². The maximum Gasteiger partial charge on any atom is 0.130 e. The molecule has 0 spiro atoms. The third-order valence-electron chi connectivity index (χ3n) is 3.80. The second-order valence-electron chi connectivity index (χ2n) is 5.50. The standard InChI is InChI=1S/C20H15N3/c1-15-5-4-6-16(9-15)13-23-14-18(10-17(11-21)12-22)19-7-2-3-8-20(19)23/h2-10,14H,13H2,1H3. The lowest BCUT2D eigenvalue weighted by Crippen LogP contribution is -1.97. The molecule has 0 aliphatic carbocycles. The van der Waals surface area contributed by atoms with Crippen LogP contribution in [-0.2, 0) is 6.54 Å². The van der Waals surface area contributed by atoms with Gasteiger partial charge in [-0.2, -0.15) is 10.5 Å². The Hall–Kier alpha value is -3.30. The quantitative estimate of drug-likeness (QED) is 0.671. The van der Waals surface area contributed by atoms with Gasteiger partial charge >= 0.3 is 0 Å². The Bertz CT molecular complexity index is 962. The third kappa shape index (κ3) is 3.00. The number of benzene rings is 2. The summed E-state index contributed by atoms with van der Waals surface area (Å²) in [5.41, 5.74) is 4.56. The average Bonchev–Trinajstić information content (AvgIpc) is 2.90. The fourth-order valence-electron chi connectivity index (χ4n) is 2.77. The molecule has 3 heteroatoms. The van der Waals surface area contributed by atoms with E-state index in [0.29, 0.717) is 0 Å². The minimum Gasteiger partial charge on any atom is -0.342 e. The van der Waals surface area contributed by atoms with Crippen LogP contribution in [0.15, 0.2) is 60.3 Å². The first kappa shape index (κ1) is 14.6. The molecule has 3 aromatic rings. The summed E-state index contributed by atoms with van der Waals surface area (Å²) >= 11 is 0. The number of nitrogens with zero attached hydrogens (tertiary/aromatic N) is 3. The van der Waals surface area contributed by atoms with Gasteiger partial charge in [-0.1, -0.05) is 48.0 Å². The Labute approximate surface area is 135 Å². The SMILES string of the molecule is Cc1cccc(Cn2cc(C=C(C#N)C#N)c3ccccc32)c1. The van der Waals surface area contributed by atoms with E-state index in [1.165, 1.54) is 11.1 Å². The Morgan fingerprint density at radius 3 is 2.61 bits per heavy atom. The largest absolute Gasteiger partial charge is 0.342 e. The van der Waals surface area contributed by atoms with Crippen LogP contribution in [-0.4, -0.2) is 4.57 Å². The van der Waals surface area contributed by atoms with Gasteiger partial charge in [-0.15, -0.1) is 0 Å². The van der Waals surface area contributed by atoms with Gasteiger partial charge in [0, 0.05) is 29.2 Å². The van der Waals surface area contributed by atoms with Crippen molar-refractivity contribution in [2.24, 2.45) is 0 Å². The van der Waals surface area contributed by atoms with E-state index < -0.39 is 0 Å². The summed E-state index contributed by atoms with van der Waals surface area (Å²) in [6.45, 7) is 2.84. The number of nitriles is 2. The zero-order valence-electron chi connectivity index (χ0n) is 12.8. The zero-order valence-corrected chi connectivity index (χ0v) is 12.8. The Morgan fingerprint density at radius 2 is 1.87 bits per heavy atom. The van der Waals surface area contributed by atoms with E-state index in [-0.39, 0.29) is 5.57 Å². The molecule has 0 N–H and O–H groups in total. The molecule has 0 aliphatic rings. The molecule has 0 amide bonds. The Balaban J connectivity index is 2.10. The average molecular weight is 297 g/mol. The summed E-state index contributed by atoms with van der Waals surface area (Å²) < 4.78 is 2.16. The highest BCUT2D eigenvalue weighted by Crippen LogP contribution is 2.24. The highest BCUT2D eigenvalue weighted by molar-refractivity contribution is 5.90. The first-order valence-corrected chi connectivity index (χ1v) is 7.36. The number of allylic oxidation sites excluding steroid dienone is 1. The molecule has 0 radical (unpaired) electrons. The molecule has 2 aromatic carbocycles. The van der Waals surface area contributed by atoms with Gasteiger partial charge in [-0.25, -0.2) is 0 Å². The van der Waals surface area contributed by atoms with Gasteiger partial charge in [0.15, 0.2) is 0 Å². The minimum atomic E-state index is 0.114. The van der Waals surface area contributed by atoms with Gasteiger partial charge in [-0.05, 0) is 24.6 Å². The highest BCUT2D eigenvalue weighted by Gasteiger charge is 2.08. The molecule has 0 saturated heterocycles. The summed E-state index contributed by atoms with van der Waals surface area (Å²) in [5.74, 6) is 0. The molecule has 0 atom stereocenters. The lowest BCUT2D eigenvalue weighted by molar-refractivity contribution is 0.835. The second-order valence-corrected chi connectivity index (χ2v) is 5.50. The number of fused-ring (bicyclic) bond motifs is 1. The fourth-order valence-corrected chi connectivity index (χ4v) is 2.77. The van der Waals surface area contributed by atoms with Gasteiger partial charge in [-0.3, -0.25) is 0 Å². The third-order valence-corrected chi connectivity index (χ3v) is 3.80. The van der Waals surface area contributed by atoms with Crippen LogP contribution >= 0.6 is 0 Å². The lowest BCUT2D eigenvalue weighted by atomic mass is 10.1. The maximum absolute atomic E-state index is 8.98. The molecule has 1 heterocycles. The zero-order chi connectivity index (χ0) is 16.2. The number of rotatable bonds is 3. The summed E-state index contributed by atoms with van der Waals surface area (Å²) in [5, 5.41) is 19.0. The van der Waals surface area contributed by atoms with E-state index in [9.17, 15) is 0 Å². The molecule has 0 saturated carbocycles. The van der Waals surface area contributed by atoms with Crippen molar-refractivity contribution >= 4 is 17.0 Å². The van der Waals surface area contributed by atoms with Gasteiger partial charge < -0.3 is 4.57 Å². The first-order chi connectivity index (χ1) is 11.2. The molecule has 0 fully saturated rings. The smallest absolute Gasteiger partial charge is 0.130 e. The molecule has 3 nitrogen and oxygen atoms in total. The first-order valence-electron chi connectivity index (χ1n) is 7.36. The monoisotopic (exact) mass is 297 g/mol. The van der Waals surface area contributed by atoms with E-state index in [4.69, 9.17) is 10.5 Å². The van der Waals surface area contributed by atoms with Crippen molar-refractivity contribution in [2.45, 2.75) is 13.5 Å². The molecule has 0 unspecified atom stereocenters. The minimum absolute atomic E-state index is 0.114. The molecule has 0 bridgehead atoms. The van der Waals surface area contributed by atoms with Crippen molar-refractivity contribution in [3.05, 3.63) is 77.0 Å². The van der Waals surface area contributed by atoms with Crippen molar-refractivity contribution in [1.82, 2.24) is 4.57 Å². The molecule has 0 aliphatic heterocycles. The Kier molecular flexibility index (Phi) is 3.95. The number of para-hydroxylation sites is 1. The van der Waals surface area contributed by atoms with Crippen LogP contribution in [0.4, 0.5) is 0 Å². The van der Waals surface area contributed by atoms with Crippen molar-refractivity contribution in [3.8, 4) is 12.1 Å². The maximum atomic E-state index is 8.98. The summed E-state index contributed by atoms with van der Waals surface area (Å²) in [6, 6.07) is 20.3. The van der Waals surface area contributed by atoms with Crippen LogP contribution in [0.5, 0.6) is 0 Å². The van der Waals surface area contributed by atoms with Crippen LogP contribution in [0.3, 0.4) is 0 Å². The number of aryl methyl sites for hydroxylation is 1. The molecule has 23 heavy (non-hydrogen) atoms. The van der Waals surface area contributed by atoms with Crippen LogP contribution < -0.4 is 0 Å². The second kappa shape index (κ2) is 6.22. The van der Waals surface area contributed by atoms with Crippen LogP contribution in [0.2, 0.25) is 0 Å². The van der Waals surface area contributed by atoms with E-state index in [2.05, 4.69) is 41.8 Å². The molecule has 1 aromatic heterocycles. The summed E-state index contributed by atoms with van der Waals surface area (Å²) in [7, 11) is 0. The van der Waals surface area contributed by atoms with Gasteiger partial charge in [0.05, 0.1) is 0 Å². The molecule has 110 valence electrons. The number of hydrogen-bond acceptors (Lipinski definition) is 2. The summed E-state index contributed by atoms with van der Waals surface area (Å²) in [6.07, 6.45) is 3.65. The summed E-state index contributed by atoms with van der Waals surface area (Å²) in [4.78, 5) is 0. The van der Waals surface area contributed by atoms with Gasteiger partial charge in [0.25, 0.3) is 0 Å². The van der Waals surface area contributed by atoms with Crippen molar-refractivity contribution in [2.75, 3.05) is 0 Å². The molecular weight excluding hydrogens is 282 g/mol. The van der Waals surface area contributed by atoms with Gasteiger partial charge in [0.1, 0.15) is 17.7 Å². The predicted octanol–water partition coefficient (Wildman–Crippen LogP) is 4.43. The molecule has 3 rings (SSSR count). The van der Waals surface area contributed by atoms with E-state index in [0.717, 1.165) is 23.0 Å². The highest BCUT2D eigenvalue weighted by atomic mass is 15.0. The normalized spacial score (nSPS) is 10.0. The van der Waals surface area contributed by atoms with Crippen LogP contribution in [0.25, 0.3) is 17.0 Å². The number of hydrogen-bond donors (Lipinski definition) is 0. The lowest BCUT2D eigenvalue weighted by Gasteiger charge is -2.06. The van der Waals surface area contributed by atoms with Crippen molar-refractivity contribution < 1.29 is 0 Å². The fraction of sp³-hybridized carbons (Fsp3) is 0.100. The Morgan fingerprint density at radius 1 is 1.09 bits per heavy atom. The predicted molar refractivity (Wildman–Crippen MR) is 91.4 cm³/mol. The topological polar surface area (TPSA) is 52.5 Å². The van der Waals surface area contributed by atoms with E-state index in [1.807, 2.05) is 36.5 Å². The van der Waals surface area contributed by atoms with E-state index >= 15 is 0 Å².